The van der Waals surface area contributed by atoms with Gasteiger partial charge in [-0.25, -0.2) is 0 Å². The molecule has 2 atom stereocenters. The second-order valence-electron chi connectivity index (χ2n) is 11.1. The van der Waals surface area contributed by atoms with Gasteiger partial charge in [0.2, 0.25) is 5.91 Å². The molecule has 3 saturated heterocycles. The molecule has 6 nitrogen and oxygen atoms in total. The summed E-state index contributed by atoms with van der Waals surface area (Å²) in [7, 11) is 1.91. The number of aryl methyl sites for hydroxylation is 1. The van der Waals surface area contributed by atoms with E-state index in [1.807, 2.05) is 12.1 Å². The van der Waals surface area contributed by atoms with Crippen molar-refractivity contribution in [2.75, 3.05) is 39.5 Å². The van der Waals surface area contributed by atoms with Crippen LogP contribution in [0.5, 0.6) is 0 Å². The van der Waals surface area contributed by atoms with Crippen LogP contribution >= 0.6 is 16.4 Å². The van der Waals surface area contributed by atoms with E-state index in [-0.39, 0.29) is 24.7 Å². The number of piperidine rings is 1. The summed E-state index contributed by atoms with van der Waals surface area (Å²) in [6.07, 6.45) is 1.95. The molecule has 3 aliphatic heterocycles. The Morgan fingerprint density at radius 3 is 2.76 bits per heavy atom. The van der Waals surface area contributed by atoms with Gasteiger partial charge >= 0.3 is 6.18 Å². The summed E-state index contributed by atoms with van der Waals surface area (Å²) in [6, 6.07) is 3.94. The number of ether oxygens (including phenoxy) is 1. The number of hydrogen-bond donors (Lipinski definition) is 1. The first-order valence-electron chi connectivity index (χ1n) is 13.1. The summed E-state index contributed by atoms with van der Waals surface area (Å²) < 4.78 is 48.3. The molecular weight excluding hydrogens is 519 g/mol. The van der Waals surface area contributed by atoms with Crippen molar-refractivity contribution in [3.8, 4) is 0 Å². The van der Waals surface area contributed by atoms with Gasteiger partial charge in [0, 0.05) is 37.7 Å². The molecule has 6 rings (SSSR count). The monoisotopic (exact) mass is 552 g/mol. The number of pyridine rings is 1. The molecular formula is C26H33F3N4O2P2. The molecule has 1 N–H and O–H groups in total. The highest BCUT2D eigenvalue weighted by molar-refractivity contribution is 7.39. The minimum absolute atomic E-state index is 0.0278. The second kappa shape index (κ2) is 9.60. The lowest BCUT2D eigenvalue weighted by molar-refractivity contribution is -0.142. The number of carbonyl (C=O) groups is 1. The highest BCUT2D eigenvalue weighted by atomic mass is 31.1. The maximum atomic E-state index is 13.7. The van der Waals surface area contributed by atoms with Gasteiger partial charge in [-0.2, -0.15) is 13.2 Å². The number of alkyl halides is 3. The highest BCUT2D eigenvalue weighted by Crippen LogP contribution is 2.53. The smallest absolute Gasteiger partial charge is 0.366 e. The number of rotatable bonds is 5. The maximum absolute atomic E-state index is 13.7. The molecule has 4 aliphatic rings. The molecule has 2 aromatic heterocycles. The second-order valence-corrected chi connectivity index (χ2v) is 13.2. The van der Waals surface area contributed by atoms with Crippen LogP contribution < -0.4 is 5.32 Å². The summed E-state index contributed by atoms with van der Waals surface area (Å²) in [4.78, 5) is 16.7. The van der Waals surface area contributed by atoms with E-state index in [2.05, 4.69) is 21.8 Å². The number of likely N-dealkylation sites (tertiary alicyclic amines) is 2. The molecule has 1 amide bonds. The van der Waals surface area contributed by atoms with Crippen LogP contribution in [0.2, 0.25) is 0 Å². The van der Waals surface area contributed by atoms with Crippen molar-refractivity contribution in [1.29, 1.82) is 0 Å². The van der Waals surface area contributed by atoms with E-state index in [1.54, 1.807) is 13.1 Å². The number of morpholine rings is 1. The third kappa shape index (κ3) is 4.76. The minimum atomic E-state index is -4.33. The van der Waals surface area contributed by atoms with Crippen LogP contribution in [0, 0.1) is 11.3 Å². The third-order valence-corrected chi connectivity index (χ3v) is 10.8. The summed E-state index contributed by atoms with van der Waals surface area (Å²) in [6.45, 7) is 7.97. The molecule has 0 radical (unpaired) electrons. The fraction of sp³-hybridized carbons (Fsp3) is 0.654. The quantitative estimate of drug-likeness (QED) is 0.551. The van der Waals surface area contributed by atoms with E-state index in [9.17, 15) is 18.0 Å². The van der Waals surface area contributed by atoms with E-state index in [0.717, 1.165) is 57.4 Å². The third-order valence-electron chi connectivity index (χ3n) is 8.47. The molecule has 0 aromatic carbocycles. The number of nitrogens with zero attached hydrogens (tertiary/aromatic N) is 3. The van der Waals surface area contributed by atoms with Gasteiger partial charge in [0.05, 0.1) is 22.9 Å². The van der Waals surface area contributed by atoms with E-state index in [4.69, 9.17) is 4.74 Å². The van der Waals surface area contributed by atoms with Crippen LogP contribution in [0.3, 0.4) is 0 Å². The van der Waals surface area contributed by atoms with E-state index >= 15 is 0 Å². The Morgan fingerprint density at radius 2 is 2.05 bits per heavy atom. The molecule has 0 unspecified atom stereocenters. The van der Waals surface area contributed by atoms with Crippen LogP contribution in [-0.4, -0.2) is 77.2 Å². The molecule has 1 spiro atoms. The number of aromatic nitrogens is 1. The van der Waals surface area contributed by atoms with Gasteiger partial charge in [-0.05, 0) is 69.9 Å². The first-order valence-corrected chi connectivity index (χ1v) is 15.4. The average molecular weight is 553 g/mol. The molecule has 37 heavy (non-hydrogen) atoms. The zero-order chi connectivity index (χ0) is 25.9. The Labute approximate surface area is 218 Å². The molecule has 1 aliphatic carbocycles. The number of carbonyl (C=O) groups excluding carboxylic acids is 1. The topological polar surface area (TPSA) is 49.2 Å². The summed E-state index contributed by atoms with van der Waals surface area (Å²) in [5, 5.41) is 4.25. The lowest BCUT2D eigenvalue weighted by atomic mass is 9.56. The van der Waals surface area contributed by atoms with Crippen molar-refractivity contribution in [2.24, 2.45) is 11.3 Å². The molecule has 11 heteroatoms. The van der Waals surface area contributed by atoms with Crippen LogP contribution in [0.1, 0.15) is 42.7 Å². The normalized spacial score (nSPS) is 27.4. The van der Waals surface area contributed by atoms with Crippen molar-refractivity contribution in [3.05, 3.63) is 34.9 Å². The Kier molecular flexibility index (Phi) is 6.69. The fourth-order valence-corrected chi connectivity index (χ4v) is 9.05. The van der Waals surface area contributed by atoms with Gasteiger partial charge in [-0.3, -0.25) is 14.6 Å². The Bertz CT molecular complexity index is 1230. The highest BCUT2D eigenvalue weighted by Gasteiger charge is 2.53. The van der Waals surface area contributed by atoms with Gasteiger partial charge < -0.3 is 14.5 Å². The lowest BCUT2D eigenvalue weighted by Crippen LogP contribution is -2.68. The molecule has 4 fully saturated rings. The van der Waals surface area contributed by atoms with Gasteiger partial charge in [-0.1, -0.05) is 21.2 Å². The van der Waals surface area contributed by atoms with Crippen LogP contribution in [-0.2, 0) is 28.5 Å². The number of nitrogens with one attached hydrogen (secondary N) is 1. The predicted octanol–water partition coefficient (Wildman–Crippen LogP) is 4.61. The van der Waals surface area contributed by atoms with Crippen molar-refractivity contribution in [2.45, 2.75) is 57.3 Å². The first-order chi connectivity index (χ1) is 17.7. The molecule has 200 valence electrons. The van der Waals surface area contributed by atoms with E-state index in [0.29, 0.717) is 36.5 Å². The van der Waals surface area contributed by atoms with Gasteiger partial charge in [0.25, 0.3) is 0 Å². The predicted molar refractivity (Wildman–Crippen MR) is 140 cm³/mol. The largest absolute Gasteiger partial charge is 0.432 e. The van der Waals surface area contributed by atoms with Crippen LogP contribution in [0.25, 0.3) is 5.25 Å². The van der Waals surface area contributed by atoms with Crippen molar-refractivity contribution in [3.63, 3.8) is 0 Å². The fourth-order valence-electron chi connectivity index (χ4n) is 6.97. The SMILES string of the molecule is CCc1pc2ccc(CC3CC4(C3)CN(C(=PC)N3CC[C@@H]5OCC(=O)N[C@@H]5C3)C4)cn2c1C(F)(F)F. The molecule has 5 heterocycles. The van der Waals surface area contributed by atoms with E-state index < -0.39 is 11.9 Å². The van der Waals surface area contributed by atoms with Gasteiger partial charge in [-0.15, -0.1) is 0 Å². The minimum Gasteiger partial charge on any atom is -0.366 e. The Hall–Kier alpha value is -1.50. The zero-order valence-electron chi connectivity index (χ0n) is 21.2. The lowest BCUT2D eigenvalue weighted by Gasteiger charge is -2.60. The zero-order valence-corrected chi connectivity index (χ0v) is 23.0. The number of fused-ring (bicyclic) bond motifs is 2. The molecule has 2 aromatic rings. The molecule has 1 saturated carbocycles. The summed E-state index contributed by atoms with van der Waals surface area (Å²) in [5.41, 5.74) is 2.18. The number of hydrogen-bond acceptors (Lipinski definition) is 2. The van der Waals surface area contributed by atoms with Crippen LogP contribution in [0.4, 0.5) is 13.2 Å². The standard InChI is InChI=1S/C26H33F3N4O2P2/c1-3-20-23(26(27,28)29)33-11-16(4-5-22(33)37-20)8-17-9-25(10-17)14-32(15-25)24(36-2)31-7-6-19-18(12-31)30-21(34)13-35-19/h4-5,11,17-19H,3,6-10,12-15H2,1-2H3,(H,30,34)/t18-,19+/m1/s1. The summed E-state index contributed by atoms with van der Waals surface area (Å²) in [5.74, 6) is 0.497. The van der Waals surface area contributed by atoms with Crippen molar-refractivity contribution in [1.82, 2.24) is 19.5 Å². The maximum Gasteiger partial charge on any atom is 0.432 e. The van der Waals surface area contributed by atoms with Gasteiger partial charge in [0.15, 0.2) is 0 Å². The van der Waals surface area contributed by atoms with E-state index in [1.165, 1.54) is 18.1 Å². The number of halogens is 3. The number of amides is 1. The first kappa shape index (κ1) is 25.8. The van der Waals surface area contributed by atoms with Crippen LogP contribution in [0.15, 0.2) is 18.3 Å². The Balaban J connectivity index is 1.06. The van der Waals surface area contributed by atoms with Crippen molar-refractivity contribution < 1.29 is 22.7 Å². The molecule has 0 bridgehead atoms. The Morgan fingerprint density at radius 1 is 1.27 bits per heavy atom. The summed E-state index contributed by atoms with van der Waals surface area (Å²) >= 11 is 0. The average Bonchev–Trinajstić information content (AvgIpc) is 3.19. The van der Waals surface area contributed by atoms with Gasteiger partial charge in [0.1, 0.15) is 12.3 Å². The van der Waals surface area contributed by atoms with Crippen molar-refractivity contribution >= 4 is 33.1 Å².